The summed E-state index contributed by atoms with van der Waals surface area (Å²) in [6.07, 6.45) is 0. The van der Waals surface area contributed by atoms with Crippen LogP contribution in [0.25, 0.3) is 138 Å². The zero-order valence-electron chi connectivity index (χ0n) is 36.0. The molecule has 5 nitrogen and oxygen atoms in total. The van der Waals surface area contributed by atoms with Crippen LogP contribution in [0.5, 0.6) is 0 Å². The molecule has 0 unspecified atom stereocenters. The van der Waals surface area contributed by atoms with Crippen LogP contribution in [0.1, 0.15) is 0 Å². The van der Waals surface area contributed by atoms with Gasteiger partial charge in [-0.15, -0.1) is 0 Å². The van der Waals surface area contributed by atoms with Gasteiger partial charge in [0, 0.05) is 27.6 Å². The van der Waals surface area contributed by atoms with E-state index in [1.165, 1.54) is 49.0 Å². The second-order valence-corrected chi connectivity index (χ2v) is 17.4. The fourth-order valence-electron chi connectivity index (χ4n) is 10.1. The summed E-state index contributed by atoms with van der Waals surface area (Å²) >= 11 is 0. The lowest BCUT2D eigenvalue weighted by atomic mass is 9.98. The number of aromatic nitrogens is 3. The normalized spacial score (nSPS) is 11.9. The highest BCUT2D eigenvalue weighted by Crippen LogP contribution is 2.40. The first kappa shape index (κ1) is 37.3. The van der Waals surface area contributed by atoms with Gasteiger partial charge in [-0.1, -0.05) is 158 Å². The minimum Gasteiger partial charge on any atom is -0.436 e. The first-order valence-electron chi connectivity index (χ1n) is 22.6. The minimum absolute atomic E-state index is 0.575. The number of oxazole rings is 2. The van der Waals surface area contributed by atoms with Crippen molar-refractivity contribution in [3.63, 3.8) is 0 Å². The first-order chi connectivity index (χ1) is 33.1. The summed E-state index contributed by atoms with van der Waals surface area (Å²) in [5.41, 5.74) is 14.9. The van der Waals surface area contributed by atoms with E-state index in [9.17, 15) is 0 Å². The second-order valence-electron chi connectivity index (χ2n) is 17.4. The van der Waals surface area contributed by atoms with Crippen LogP contribution >= 0.6 is 0 Å². The van der Waals surface area contributed by atoms with E-state index in [4.69, 9.17) is 18.8 Å². The third-order valence-electron chi connectivity index (χ3n) is 13.4. The van der Waals surface area contributed by atoms with Crippen LogP contribution in [0.4, 0.5) is 0 Å². The average Bonchev–Trinajstić information content (AvgIpc) is 4.11. The van der Waals surface area contributed by atoms with E-state index in [2.05, 4.69) is 217 Å². The van der Waals surface area contributed by atoms with E-state index in [1.807, 2.05) is 12.1 Å². The molecule has 0 bridgehead atoms. The molecule has 11 aromatic carbocycles. The van der Waals surface area contributed by atoms with Crippen molar-refractivity contribution in [3.8, 4) is 62.0 Å². The Balaban J connectivity index is 0.899. The van der Waals surface area contributed by atoms with Crippen LogP contribution in [-0.4, -0.2) is 14.5 Å². The van der Waals surface area contributed by atoms with Gasteiger partial charge in [0.25, 0.3) is 0 Å². The van der Waals surface area contributed by atoms with Crippen molar-refractivity contribution in [3.05, 3.63) is 224 Å². The predicted octanol–water partition coefficient (Wildman–Crippen LogP) is 16.9. The van der Waals surface area contributed by atoms with Crippen molar-refractivity contribution < 1.29 is 8.83 Å². The van der Waals surface area contributed by atoms with Crippen LogP contribution in [-0.2, 0) is 0 Å². The summed E-state index contributed by atoms with van der Waals surface area (Å²) in [4.78, 5) is 10.2. The molecule has 5 heteroatoms. The fourth-order valence-corrected chi connectivity index (χ4v) is 10.1. The monoisotopic (exact) mass is 855 g/mol. The van der Waals surface area contributed by atoms with Crippen LogP contribution in [0, 0.1) is 0 Å². The Morgan fingerprint density at radius 3 is 1.33 bits per heavy atom. The SMILES string of the molecule is c1ccc2cc(-c3ccc(-n4c5cc(-c6nc7cc(-c8cccc9ccccc89)ccc7o6)ccc5c5ccc(-c6nc7cc(-c8cccc9ccccc89)ccc7o6)cc54)cc3)ccc2c1. The van der Waals surface area contributed by atoms with E-state index in [0.29, 0.717) is 11.8 Å². The molecule has 0 aliphatic carbocycles. The third kappa shape index (κ3) is 6.17. The van der Waals surface area contributed by atoms with Crippen molar-refractivity contribution in [1.82, 2.24) is 14.5 Å². The Bertz CT molecular complexity index is 4060. The topological polar surface area (TPSA) is 57.0 Å². The Labute approximate surface area is 384 Å². The zero-order chi connectivity index (χ0) is 44.0. The number of fused-ring (bicyclic) bond motifs is 8. The number of benzene rings is 11. The first-order valence-corrected chi connectivity index (χ1v) is 22.6. The van der Waals surface area contributed by atoms with Gasteiger partial charge in [0.05, 0.1) is 11.0 Å². The van der Waals surface area contributed by atoms with Gasteiger partial charge in [0.2, 0.25) is 11.8 Å². The molecule has 0 amide bonds. The van der Waals surface area contributed by atoms with E-state index >= 15 is 0 Å². The molecule has 14 rings (SSSR count). The molecule has 312 valence electrons. The summed E-state index contributed by atoms with van der Waals surface area (Å²) < 4.78 is 15.4. The smallest absolute Gasteiger partial charge is 0.227 e. The maximum absolute atomic E-state index is 6.52. The maximum atomic E-state index is 6.52. The molecule has 0 saturated heterocycles. The van der Waals surface area contributed by atoms with Crippen molar-refractivity contribution in [2.75, 3.05) is 0 Å². The molecular formula is C62H37N3O2. The number of nitrogens with zero attached hydrogens (tertiary/aromatic N) is 3. The Morgan fingerprint density at radius 2 is 0.761 bits per heavy atom. The van der Waals surface area contributed by atoms with E-state index in [-0.39, 0.29) is 0 Å². The summed E-state index contributed by atoms with van der Waals surface area (Å²) in [6.45, 7) is 0. The lowest BCUT2D eigenvalue weighted by Crippen LogP contribution is -1.94. The van der Waals surface area contributed by atoms with Gasteiger partial charge in [-0.05, 0) is 132 Å². The molecule has 0 spiro atoms. The number of rotatable bonds is 6. The van der Waals surface area contributed by atoms with Gasteiger partial charge in [-0.2, -0.15) is 0 Å². The van der Waals surface area contributed by atoms with Crippen molar-refractivity contribution >= 4 is 76.3 Å². The van der Waals surface area contributed by atoms with Crippen LogP contribution < -0.4 is 0 Å². The summed E-state index contributed by atoms with van der Waals surface area (Å²) in [6, 6.07) is 79.5. The molecule has 14 aromatic rings. The molecule has 67 heavy (non-hydrogen) atoms. The quantitative estimate of drug-likeness (QED) is 0.167. The largest absolute Gasteiger partial charge is 0.436 e. The molecule has 0 N–H and O–H groups in total. The van der Waals surface area contributed by atoms with E-state index in [1.54, 1.807) is 0 Å². The summed E-state index contributed by atoms with van der Waals surface area (Å²) in [5.74, 6) is 1.15. The predicted molar refractivity (Wildman–Crippen MR) is 276 cm³/mol. The lowest BCUT2D eigenvalue weighted by molar-refractivity contribution is 0.619. The van der Waals surface area contributed by atoms with Crippen LogP contribution in [0.2, 0.25) is 0 Å². The number of hydrogen-bond acceptors (Lipinski definition) is 4. The highest BCUT2D eigenvalue weighted by molar-refractivity contribution is 6.11. The van der Waals surface area contributed by atoms with Gasteiger partial charge >= 0.3 is 0 Å². The molecule has 0 saturated carbocycles. The fraction of sp³-hybridized carbons (Fsp3) is 0. The Hall–Kier alpha value is -9.06. The van der Waals surface area contributed by atoms with Crippen molar-refractivity contribution in [2.24, 2.45) is 0 Å². The van der Waals surface area contributed by atoms with Crippen molar-refractivity contribution in [2.45, 2.75) is 0 Å². The number of hydrogen-bond donors (Lipinski definition) is 0. The molecular weight excluding hydrogens is 819 g/mol. The highest BCUT2D eigenvalue weighted by atomic mass is 16.4. The summed E-state index contributed by atoms with van der Waals surface area (Å²) in [7, 11) is 0. The van der Waals surface area contributed by atoms with Gasteiger partial charge in [-0.3, -0.25) is 0 Å². The van der Waals surface area contributed by atoms with Crippen LogP contribution in [0.15, 0.2) is 233 Å². The third-order valence-corrected chi connectivity index (χ3v) is 13.4. The van der Waals surface area contributed by atoms with Gasteiger partial charge < -0.3 is 13.4 Å². The molecule has 3 aromatic heterocycles. The standard InChI is InChI=1S/C62H37N3O2/c1-2-12-42-33-43(20-19-38(42)9-1)39-21-27-48(28-22-39)65-57-36-46(61-63-55-34-44(25-31-59(55)66-61)51-17-7-13-40-10-3-5-15-49(40)51)23-29-53(57)54-30-24-47(37-58(54)65)62-64-56-35-45(26-32-60(56)67-62)52-18-8-14-41-11-4-6-16-50(41)52/h1-37H. The molecule has 0 aliphatic heterocycles. The van der Waals surface area contributed by atoms with Gasteiger partial charge in [0.15, 0.2) is 11.2 Å². The van der Waals surface area contributed by atoms with Crippen LogP contribution in [0.3, 0.4) is 0 Å². The molecule has 0 atom stereocenters. The molecule has 0 fully saturated rings. The minimum atomic E-state index is 0.575. The average molecular weight is 856 g/mol. The molecule has 0 radical (unpaired) electrons. The second kappa shape index (κ2) is 14.7. The van der Waals surface area contributed by atoms with Gasteiger partial charge in [-0.25, -0.2) is 9.97 Å². The zero-order valence-corrected chi connectivity index (χ0v) is 36.0. The molecule has 0 aliphatic rings. The molecule has 3 heterocycles. The Kier molecular flexibility index (Phi) is 8.21. The van der Waals surface area contributed by atoms with Gasteiger partial charge in [0.1, 0.15) is 11.0 Å². The Morgan fingerprint density at radius 1 is 0.299 bits per heavy atom. The van der Waals surface area contributed by atoms with Crippen molar-refractivity contribution in [1.29, 1.82) is 0 Å². The van der Waals surface area contributed by atoms with E-state index < -0.39 is 0 Å². The van der Waals surface area contributed by atoms with E-state index in [0.717, 1.165) is 77.5 Å². The summed E-state index contributed by atoms with van der Waals surface area (Å²) in [5, 5.41) is 9.53. The lowest BCUT2D eigenvalue weighted by Gasteiger charge is -2.11. The maximum Gasteiger partial charge on any atom is 0.227 e. The highest BCUT2D eigenvalue weighted by Gasteiger charge is 2.19.